The standard InChI is InChI=1S/C26H30N4O.C2H2/c1-17-20-12-8-7-11-19-13-24-21(14-22(19)27-15-23(20)29-28-17)26(2,3)25(31)30(24)16-18-9-5-4-6-10-18;1-2/h4-6,9-10,13-14,27H,7-8,11-12,15-16H2,1-3H3,(H,28,29);1-2H. The summed E-state index contributed by atoms with van der Waals surface area (Å²) in [6.45, 7) is 7.50. The topological polar surface area (TPSA) is 61.0 Å². The third kappa shape index (κ3) is 4.14. The molecule has 3 heterocycles. The van der Waals surface area contributed by atoms with E-state index in [0.29, 0.717) is 13.1 Å². The summed E-state index contributed by atoms with van der Waals surface area (Å²) in [7, 11) is 0. The van der Waals surface area contributed by atoms with Gasteiger partial charge in [-0.3, -0.25) is 9.89 Å². The lowest BCUT2D eigenvalue weighted by atomic mass is 9.85. The van der Waals surface area contributed by atoms with Gasteiger partial charge in [-0.25, -0.2) is 0 Å². The van der Waals surface area contributed by atoms with Crippen LogP contribution in [0.2, 0.25) is 0 Å². The molecule has 33 heavy (non-hydrogen) atoms. The van der Waals surface area contributed by atoms with Crippen LogP contribution in [-0.4, -0.2) is 16.1 Å². The highest BCUT2D eigenvalue weighted by molar-refractivity contribution is 6.08. The van der Waals surface area contributed by atoms with Gasteiger partial charge in [0.1, 0.15) is 0 Å². The molecule has 0 fully saturated rings. The minimum atomic E-state index is -0.537. The fraction of sp³-hybridized carbons (Fsp3) is 0.357. The van der Waals surface area contributed by atoms with E-state index < -0.39 is 5.41 Å². The van der Waals surface area contributed by atoms with Crippen molar-refractivity contribution in [3.63, 3.8) is 0 Å². The molecule has 0 saturated carbocycles. The number of amides is 1. The molecule has 3 aromatic rings. The van der Waals surface area contributed by atoms with Crippen LogP contribution in [0.25, 0.3) is 0 Å². The van der Waals surface area contributed by atoms with Crippen LogP contribution >= 0.6 is 0 Å². The van der Waals surface area contributed by atoms with Gasteiger partial charge in [-0.2, -0.15) is 5.10 Å². The Morgan fingerprint density at radius 3 is 2.58 bits per heavy atom. The number of terminal acetylenes is 1. The predicted octanol–water partition coefficient (Wildman–Crippen LogP) is 5.28. The van der Waals surface area contributed by atoms with Crippen molar-refractivity contribution < 1.29 is 4.79 Å². The van der Waals surface area contributed by atoms with Crippen molar-refractivity contribution in [3.8, 4) is 12.8 Å². The molecule has 0 aliphatic carbocycles. The first-order chi connectivity index (χ1) is 15.9. The van der Waals surface area contributed by atoms with Gasteiger partial charge < -0.3 is 10.2 Å². The number of benzene rings is 2. The maximum atomic E-state index is 13.4. The maximum Gasteiger partial charge on any atom is 0.237 e. The Balaban J connectivity index is 0.00000126. The van der Waals surface area contributed by atoms with Crippen LogP contribution in [0.3, 0.4) is 0 Å². The summed E-state index contributed by atoms with van der Waals surface area (Å²) >= 11 is 0. The molecule has 1 amide bonds. The second-order valence-electron chi connectivity index (χ2n) is 9.36. The van der Waals surface area contributed by atoms with Gasteiger partial charge in [0.05, 0.1) is 24.2 Å². The van der Waals surface area contributed by atoms with Gasteiger partial charge in [0.15, 0.2) is 0 Å². The van der Waals surface area contributed by atoms with Crippen LogP contribution in [-0.2, 0) is 36.1 Å². The largest absolute Gasteiger partial charge is 0.379 e. The fourth-order valence-electron chi connectivity index (χ4n) is 4.99. The number of H-pyrrole nitrogens is 1. The molecule has 5 nitrogen and oxygen atoms in total. The first-order valence-electron chi connectivity index (χ1n) is 11.6. The van der Waals surface area contributed by atoms with Crippen molar-refractivity contribution >= 4 is 17.3 Å². The number of nitrogens with zero attached hydrogens (tertiary/aromatic N) is 2. The monoisotopic (exact) mass is 440 g/mol. The zero-order valence-electron chi connectivity index (χ0n) is 19.7. The molecule has 1 aromatic heterocycles. The lowest BCUT2D eigenvalue weighted by Crippen LogP contribution is -2.35. The minimum absolute atomic E-state index is 0.170. The molecule has 0 unspecified atom stereocenters. The van der Waals surface area contributed by atoms with Gasteiger partial charge in [0.25, 0.3) is 0 Å². The van der Waals surface area contributed by atoms with Gasteiger partial charge in [0, 0.05) is 17.1 Å². The molecule has 2 N–H and O–H groups in total. The fourth-order valence-corrected chi connectivity index (χ4v) is 4.99. The Morgan fingerprint density at radius 1 is 1.09 bits per heavy atom. The molecule has 0 radical (unpaired) electrons. The van der Waals surface area contributed by atoms with E-state index >= 15 is 0 Å². The normalized spacial score (nSPS) is 16.5. The van der Waals surface area contributed by atoms with Crippen LogP contribution in [0.15, 0.2) is 42.5 Å². The van der Waals surface area contributed by atoms with Crippen molar-refractivity contribution in [1.82, 2.24) is 10.2 Å². The number of aromatic amines is 1. The zero-order chi connectivity index (χ0) is 23.6. The van der Waals surface area contributed by atoms with Gasteiger partial charge in [-0.05, 0) is 80.8 Å². The molecular formula is C28H32N4O. The predicted molar refractivity (Wildman–Crippen MR) is 134 cm³/mol. The quantitative estimate of drug-likeness (QED) is 0.533. The van der Waals surface area contributed by atoms with Crippen molar-refractivity contribution in [2.75, 3.05) is 10.2 Å². The molecular weight excluding hydrogens is 408 g/mol. The number of aromatic nitrogens is 2. The van der Waals surface area contributed by atoms with Crippen molar-refractivity contribution in [2.24, 2.45) is 0 Å². The SMILES string of the molecule is C#C.Cc1[nH]nc2c1CCCCc1cc3c(cc1NC2)C(C)(C)C(=O)N3Cc1ccccc1. The molecule has 2 aliphatic heterocycles. The number of carbonyl (C=O) groups is 1. The first-order valence-corrected chi connectivity index (χ1v) is 11.6. The molecule has 0 saturated heterocycles. The lowest BCUT2D eigenvalue weighted by molar-refractivity contribution is -0.122. The Morgan fingerprint density at radius 2 is 1.82 bits per heavy atom. The third-order valence-electron chi connectivity index (χ3n) is 6.88. The highest BCUT2D eigenvalue weighted by atomic mass is 16.2. The number of carbonyl (C=O) groups excluding carboxylic acids is 1. The van der Waals surface area contributed by atoms with E-state index in [2.05, 4.69) is 59.6 Å². The van der Waals surface area contributed by atoms with Crippen LogP contribution in [0.4, 0.5) is 11.4 Å². The van der Waals surface area contributed by atoms with Crippen molar-refractivity contribution in [1.29, 1.82) is 0 Å². The average Bonchev–Trinajstić information content (AvgIpc) is 3.27. The van der Waals surface area contributed by atoms with E-state index in [9.17, 15) is 4.79 Å². The molecule has 0 spiro atoms. The summed E-state index contributed by atoms with van der Waals surface area (Å²) < 4.78 is 0. The van der Waals surface area contributed by atoms with Gasteiger partial charge >= 0.3 is 0 Å². The number of hydrogen-bond donors (Lipinski definition) is 2. The van der Waals surface area contributed by atoms with Crippen molar-refractivity contribution in [3.05, 3.63) is 76.1 Å². The van der Waals surface area contributed by atoms with Crippen LogP contribution < -0.4 is 10.2 Å². The van der Waals surface area contributed by atoms with Gasteiger partial charge in [0.2, 0.25) is 5.91 Å². The summed E-state index contributed by atoms with van der Waals surface area (Å²) in [6, 6.07) is 14.7. The number of hydrogen-bond acceptors (Lipinski definition) is 3. The lowest BCUT2D eigenvalue weighted by Gasteiger charge is -2.21. The molecule has 2 aliphatic rings. The summed E-state index contributed by atoms with van der Waals surface area (Å²) in [4.78, 5) is 15.4. The smallest absolute Gasteiger partial charge is 0.237 e. The highest BCUT2D eigenvalue weighted by Crippen LogP contribution is 2.45. The first kappa shape index (κ1) is 22.7. The molecule has 2 aromatic carbocycles. The summed E-state index contributed by atoms with van der Waals surface area (Å²) in [6.07, 6.45) is 12.3. The van der Waals surface area contributed by atoms with Crippen molar-refractivity contribution in [2.45, 2.75) is 65.0 Å². The molecule has 0 bridgehead atoms. The van der Waals surface area contributed by atoms with Crippen LogP contribution in [0.5, 0.6) is 0 Å². The Kier molecular flexibility index (Phi) is 6.29. The molecule has 170 valence electrons. The maximum absolute atomic E-state index is 13.4. The summed E-state index contributed by atoms with van der Waals surface area (Å²) in [5.41, 5.74) is 8.84. The third-order valence-corrected chi connectivity index (χ3v) is 6.88. The number of aryl methyl sites for hydroxylation is 2. The number of nitrogens with one attached hydrogen (secondary N) is 2. The van der Waals surface area contributed by atoms with E-state index in [4.69, 9.17) is 0 Å². The second kappa shape index (κ2) is 9.15. The number of anilines is 2. The highest BCUT2D eigenvalue weighted by Gasteiger charge is 2.44. The number of fused-ring (bicyclic) bond motifs is 3. The van der Waals surface area contributed by atoms with Crippen LogP contribution in [0, 0.1) is 19.8 Å². The summed E-state index contributed by atoms with van der Waals surface area (Å²) in [5.74, 6) is 0.170. The average molecular weight is 441 g/mol. The van der Waals surface area contributed by atoms with Gasteiger partial charge in [-0.1, -0.05) is 30.3 Å². The Labute approximate surface area is 196 Å². The Hall–Kier alpha value is -3.52. The molecule has 0 atom stereocenters. The van der Waals surface area contributed by atoms with E-state index in [0.717, 1.165) is 53.9 Å². The Bertz CT molecular complexity index is 1170. The second-order valence-corrected chi connectivity index (χ2v) is 9.36. The molecule has 5 rings (SSSR count). The van der Waals surface area contributed by atoms with E-state index in [1.807, 2.05) is 36.9 Å². The zero-order valence-corrected chi connectivity index (χ0v) is 19.7. The number of rotatable bonds is 2. The molecule has 5 heteroatoms. The van der Waals surface area contributed by atoms with E-state index in [-0.39, 0.29) is 5.91 Å². The van der Waals surface area contributed by atoms with Gasteiger partial charge in [-0.15, -0.1) is 12.8 Å². The van der Waals surface area contributed by atoms with E-state index in [1.54, 1.807) is 0 Å². The summed E-state index contributed by atoms with van der Waals surface area (Å²) in [5, 5.41) is 11.3. The van der Waals surface area contributed by atoms with E-state index in [1.165, 1.54) is 16.8 Å². The van der Waals surface area contributed by atoms with Crippen LogP contribution in [0.1, 0.15) is 60.3 Å². The minimum Gasteiger partial charge on any atom is -0.379 e.